The minimum absolute atomic E-state index is 0.0909. The molecule has 0 bridgehead atoms. The molecule has 0 aromatic heterocycles. The van der Waals surface area contributed by atoms with E-state index in [-0.39, 0.29) is 23.7 Å². The van der Waals surface area contributed by atoms with Crippen molar-refractivity contribution in [3.05, 3.63) is 94.5 Å². The molecular formula is C25H21ClO2. The molecule has 3 heteroatoms. The van der Waals surface area contributed by atoms with Gasteiger partial charge in [-0.2, -0.15) is 0 Å². The van der Waals surface area contributed by atoms with Crippen LogP contribution in [-0.2, 0) is 9.53 Å². The number of carbonyl (C=O) groups is 1. The van der Waals surface area contributed by atoms with E-state index in [1.807, 2.05) is 24.3 Å². The van der Waals surface area contributed by atoms with Gasteiger partial charge in [0.25, 0.3) is 0 Å². The summed E-state index contributed by atoms with van der Waals surface area (Å²) in [6, 6.07) is 24.6. The van der Waals surface area contributed by atoms with Gasteiger partial charge in [0, 0.05) is 10.9 Å². The minimum atomic E-state index is -0.0990. The Morgan fingerprint density at radius 1 is 0.821 bits per heavy atom. The first-order chi connectivity index (χ1) is 13.7. The molecule has 0 spiro atoms. The molecule has 0 aliphatic heterocycles. The molecule has 0 N–H and O–H groups in total. The lowest BCUT2D eigenvalue weighted by molar-refractivity contribution is -0.152. The molecule has 1 saturated carbocycles. The number of ether oxygens (including phenoxy) is 1. The molecule has 0 saturated heterocycles. The van der Waals surface area contributed by atoms with Crippen molar-refractivity contribution in [2.45, 2.75) is 24.7 Å². The lowest BCUT2D eigenvalue weighted by Crippen LogP contribution is -2.33. The van der Waals surface area contributed by atoms with Gasteiger partial charge in [-0.25, -0.2) is 0 Å². The average molecular weight is 389 g/mol. The Bertz CT molecular complexity index is 996. The van der Waals surface area contributed by atoms with E-state index >= 15 is 0 Å². The molecule has 0 radical (unpaired) electrons. The Labute approximate surface area is 170 Å². The maximum Gasteiger partial charge on any atom is 0.309 e. The summed E-state index contributed by atoms with van der Waals surface area (Å²) in [5.74, 6) is 0.0874. The topological polar surface area (TPSA) is 26.3 Å². The molecule has 2 aliphatic rings. The van der Waals surface area contributed by atoms with Crippen LogP contribution in [0.3, 0.4) is 0 Å². The van der Waals surface area contributed by atoms with Crippen LogP contribution < -0.4 is 0 Å². The zero-order chi connectivity index (χ0) is 19.1. The summed E-state index contributed by atoms with van der Waals surface area (Å²) >= 11 is 6.34. The third-order valence-corrected chi connectivity index (χ3v) is 6.58. The normalized spacial score (nSPS) is 20.2. The van der Waals surface area contributed by atoms with E-state index in [9.17, 15) is 4.79 Å². The maximum atomic E-state index is 12.8. The van der Waals surface area contributed by atoms with E-state index in [2.05, 4.69) is 48.5 Å². The lowest BCUT2D eigenvalue weighted by Gasteiger charge is -2.35. The number of benzene rings is 3. The molecular weight excluding hydrogens is 368 g/mol. The van der Waals surface area contributed by atoms with Crippen LogP contribution >= 0.6 is 11.6 Å². The van der Waals surface area contributed by atoms with Gasteiger partial charge in [0.05, 0.1) is 5.92 Å². The monoisotopic (exact) mass is 388 g/mol. The third kappa shape index (κ3) is 2.84. The molecule has 2 nitrogen and oxygen atoms in total. The van der Waals surface area contributed by atoms with Gasteiger partial charge in [0.2, 0.25) is 0 Å². The highest BCUT2D eigenvalue weighted by molar-refractivity contribution is 6.31. The van der Waals surface area contributed by atoms with Crippen molar-refractivity contribution in [3.8, 4) is 11.1 Å². The van der Waals surface area contributed by atoms with Crippen LogP contribution in [0.2, 0.25) is 5.02 Å². The van der Waals surface area contributed by atoms with E-state index in [4.69, 9.17) is 16.3 Å². The maximum absolute atomic E-state index is 12.8. The highest BCUT2D eigenvalue weighted by Gasteiger charge is 2.40. The van der Waals surface area contributed by atoms with Gasteiger partial charge in [-0.15, -0.1) is 0 Å². The van der Waals surface area contributed by atoms with Crippen LogP contribution in [0.5, 0.6) is 0 Å². The van der Waals surface area contributed by atoms with Crippen molar-refractivity contribution >= 4 is 17.6 Å². The molecule has 2 unspecified atom stereocenters. The molecule has 0 heterocycles. The first kappa shape index (κ1) is 17.5. The van der Waals surface area contributed by atoms with E-state index in [0.717, 1.165) is 23.4 Å². The summed E-state index contributed by atoms with van der Waals surface area (Å²) in [6.07, 6.45) is 1.85. The van der Waals surface area contributed by atoms with Crippen LogP contribution in [0.25, 0.3) is 11.1 Å². The van der Waals surface area contributed by atoms with Crippen molar-refractivity contribution in [2.75, 3.05) is 6.61 Å². The molecule has 3 aromatic carbocycles. The Hall–Kier alpha value is -2.58. The molecule has 28 heavy (non-hydrogen) atoms. The first-order valence-electron chi connectivity index (χ1n) is 9.83. The highest BCUT2D eigenvalue weighted by atomic mass is 35.5. The smallest absolute Gasteiger partial charge is 0.309 e. The number of carbonyl (C=O) groups excluding carboxylic acids is 1. The van der Waals surface area contributed by atoms with Crippen LogP contribution in [-0.4, -0.2) is 12.6 Å². The molecule has 5 rings (SSSR count). The van der Waals surface area contributed by atoms with E-state index in [0.29, 0.717) is 6.61 Å². The summed E-state index contributed by atoms with van der Waals surface area (Å²) < 4.78 is 5.85. The number of fused-ring (bicyclic) bond motifs is 3. The fraction of sp³-hybridized carbons (Fsp3) is 0.240. The third-order valence-electron chi connectivity index (χ3n) is 6.24. The standard InChI is InChI=1S/C25H21ClO2/c26-24-12-6-5-11-21(24)20-13-14-22(20)25(27)28-15-23-18-9-3-1-7-16(18)17-8-2-4-10-19(17)23/h1-12,20,22-23H,13-15H2. The summed E-state index contributed by atoms with van der Waals surface area (Å²) in [6.45, 7) is 0.388. The van der Waals surface area contributed by atoms with Crippen LogP contribution in [0.15, 0.2) is 72.8 Å². The lowest BCUT2D eigenvalue weighted by atomic mass is 9.70. The zero-order valence-electron chi connectivity index (χ0n) is 15.5. The van der Waals surface area contributed by atoms with Crippen LogP contribution in [0, 0.1) is 5.92 Å². The van der Waals surface area contributed by atoms with Gasteiger partial charge in [-0.3, -0.25) is 4.79 Å². The second-order valence-corrected chi connectivity index (χ2v) is 8.08. The minimum Gasteiger partial charge on any atom is -0.464 e. The van der Waals surface area contributed by atoms with Gasteiger partial charge in [-0.1, -0.05) is 78.3 Å². The molecule has 140 valence electrons. The van der Waals surface area contributed by atoms with E-state index in [1.54, 1.807) is 0 Å². The SMILES string of the molecule is O=C(OCC1c2ccccc2-c2ccccc21)C1CCC1c1ccccc1Cl. The van der Waals surface area contributed by atoms with Crippen molar-refractivity contribution in [3.63, 3.8) is 0 Å². The zero-order valence-corrected chi connectivity index (χ0v) is 16.2. The first-order valence-corrected chi connectivity index (χ1v) is 10.2. The van der Waals surface area contributed by atoms with Crippen molar-refractivity contribution in [1.82, 2.24) is 0 Å². The number of rotatable bonds is 4. The molecule has 3 aromatic rings. The molecule has 2 aliphatic carbocycles. The van der Waals surface area contributed by atoms with Gasteiger partial charge in [0.1, 0.15) is 6.61 Å². The fourth-order valence-corrected chi connectivity index (χ4v) is 4.92. The predicted octanol–water partition coefficient (Wildman–Crippen LogP) is 6.19. The number of hydrogen-bond donors (Lipinski definition) is 0. The summed E-state index contributed by atoms with van der Waals surface area (Å²) in [5, 5.41) is 0.739. The van der Waals surface area contributed by atoms with E-state index < -0.39 is 0 Å². The number of hydrogen-bond acceptors (Lipinski definition) is 2. The van der Waals surface area contributed by atoms with Gasteiger partial charge in [0.15, 0.2) is 0 Å². The van der Waals surface area contributed by atoms with Crippen LogP contribution in [0.4, 0.5) is 0 Å². The Morgan fingerprint density at radius 2 is 1.39 bits per heavy atom. The largest absolute Gasteiger partial charge is 0.464 e. The van der Waals surface area contributed by atoms with Crippen molar-refractivity contribution in [1.29, 1.82) is 0 Å². The van der Waals surface area contributed by atoms with Crippen molar-refractivity contribution < 1.29 is 9.53 Å². The summed E-state index contributed by atoms with van der Waals surface area (Å²) in [7, 11) is 0. The average Bonchev–Trinajstić information content (AvgIpc) is 3.01. The van der Waals surface area contributed by atoms with Crippen LogP contribution in [0.1, 0.15) is 41.4 Å². The Kier molecular flexibility index (Phi) is 4.44. The van der Waals surface area contributed by atoms with Crippen molar-refractivity contribution in [2.24, 2.45) is 5.92 Å². The Balaban J connectivity index is 1.33. The van der Waals surface area contributed by atoms with Gasteiger partial charge in [-0.05, 0) is 52.6 Å². The molecule has 2 atom stereocenters. The van der Waals surface area contributed by atoms with Gasteiger partial charge < -0.3 is 4.74 Å². The summed E-state index contributed by atoms with van der Waals surface area (Å²) in [4.78, 5) is 12.8. The Morgan fingerprint density at radius 3 is 1.96 bits per heavy atom. The predicted molar refractivity (Wildman–Crippen MR) is 112 cm³/mol. The highest BCUT2D eigenvalue weighted by Crippen LogP contribution is 2.47. The fourth-order valence-electron chi connectivity index (χ4n) is 4.64. The summed E-state index contributed by atoms with van der Waals surface area (Å²) in [5.41, 5.74) is 6.04. The molecule has 0 amide bonds. The molecule has 1 fully saturated rings. The van der Waals surface area contributed by atoms with Gasteiger partial charge >= 0.3 is 5.97 Å². The van der Waals surface area contributed by atoms with E-state index in [1.165, 1.54) is 22.3 Å². The second-order valence-electron chi connectivity index (χ2n) is 7.67. The number of esters is 1. The number of halogens is 1. The quantitative estimate of drug-likeness (QED) is 0.498. The second kappa shape index (κ2) is 7.10.